The van der Waals surface area contributed by atoms with Crippen LogP contribution in [-0.2, 0) is 0 Å². The first-order valence-corrected chi connectivity index (χ1v) is 6.87. The lowest BCUT2D eigenvalue weighted by Crippen LogP contribution is -2.22. The third-order valence-corrected chi connectivity index (χ3v) is 4.16. The molecule has 0 aliphatic rings. The molecule has 0 saturated heterocycles. The highest BCUT2D eigenvalue weighted by Crippen LogP contribution is 2.24. The van der Waals surface area contributed by atoms with E-state index in [0.717, 1.165) is 11.3 Å². The fourth-order valence-electron chi connectivity index (χ4n) is 2.02. The Kier molecular flexibility index (Phi) is 4.09. The van der Waals surface area contributed by atoms with Crippen LogP contribution in [0.5, 0.6) is 0 Å². The molecule has 96 valence electrons. The maximum absolute atomic E-state index is 12.9. The number of hydrogen-bond acceptors (Lipinski definition) is 3. The molecule has 1 aromatic heterocycles. The van der Waals surface area contributed by atoms with E-state index in [1.165, 1.54) is 17.0 Å². The van der Waals surface area contributed by atoms with E-state index in [-0.39, 0.29) is 17.9 Å². The summed E-state index contributed by atoms with van der Waals surface area (Å²) < 4.78 is 12.9. The molecule has 0 amide bonds. The van der Waals surface area contributed by atoms with Crippen LogP contribution in [0.4, 0.5) is 4.39 Å². The number of nitrogens with one attached hydrogen (secondary N) is 1. The van der Waals surface area contributed by atoms with Crippen molar-refractivity contribution in [3.05, 3.63) is 51.7 Å². The fraction of sp³-hybridized carbons (Fsp3) is 0.357. The van der Waals surface area contributed by atoms with Crippen molar-refractivity contribution in [3.63, 3.8) is 0 Å². The highest BCUT2D eigenvalue weighted by molar-refractivity contribution is 7.09. The fourth-order valence-corrected chi connectivity index (χ4v) is 2.84. The van der Waals surface area contributed by atoms with Gasteiger partial charge in [-0.1, -0.05) is 12.1 Å². The smallest absolute Gasteiger partial charge is 0.123 e. The van der Waals surface area contributed by atoms with Crippen LogP contribution < -0.4 is 5.32 Å². The van der Waals surface area contributed by atoms with Gasteiger partial charge in [0, 0.05) is 17.0 Å². The summed E-state index contributed by atoms with van der Waals surface area (Å²) in [5.74, 6) is -0.197. The van der Waals surface area contributed by atoms with Gasteiger partial charge in [-0.3, -0.25) is 0 Å². The monoisotopic (exact) mass is 264 g/mol. The number of benzene rings is 1. The van der Waals surface area contributed by atoms with Crippen molar-refractivity contribution >= 4 is 11.3 Å². The number of halogens is 1. The highest BCUT2D eigenvalue weighted by atomic mass is 32.1. The number of aromatic nitrogens is 1. The highest BCUT2D eigenvalue weighted by Gasteiger charge is 2.14. The molecule has 0 saturated carbocycles. The number of hydrogen-bond donors (Lipinski definition) is 1. The predicted octanol–water partition coefficient (Wildman–Crippen LogP) is 4.00. The number of aryl methyl sites for hydroxylation is 1. The number of thiazole rings is 1. The molecule has 18 heavy (non-hydrogen) atoms. The topological polar surface area (TPSA) is 24.9 Å². The van der Waals surface area contributed by atoms with Crippen LogP contribution in [0.25, 0.3) is 0 Å². The van der Waals surface area contributed by atoms with Crippen LogP contribution in [0.3, 0.4) is 0 Å². The van der Waals surface area contributed by atoms with E-state index >= 15 is 0 Å². The lowest BCUT2D eigenvalue weighted by molar-refractivity contribution is 0.497. The molecule has 0 bridgehead atoms. The van der Waals surface area contributed by atoms with Crippen molar-refractivity contribution in [3.8, 4) is 0 Å². The Balaban J connectivity index is 2.05. The van der Waals surface area contributed by atoms with E-state index in [1.807, 2.05) is 24.6 Å². The van der Waals surface area contributed by atoms with Crippen molar-refractivity contribution in [1.29, 1.82) is 0 Å². The first-order chi connectivity index (χ1) is 8.58. The summed E-state index contributed by atoms with van der Waals surface area (Å²) in [5, 5.41) is 3.51. The molecule has 1 N–H and O–H groups in total. The predicted molar refractivity (Wildman–Crippen MR) is 73.2 cm³/mol. The summed E-state index contributed by atoms with van der Waals surface area (Å²) in [4.78, 5) is 5.51. The Labute approximate surface area is 111 Å². The summed E-state index contributed by atoms with van der Waals surface area (Å²) >= 11 is 1.66. The molecule has 0 spiro atoms. The van der Waals surface area contributed by atoms with Crippen LogP contribution in [0.1, 0.15) is 42.1 Å². The zero-order valence-corrected chi connectivity index (χ0v) is 11.6. The van der Waals surface area contributed by atoms with E-state index < -0.39 is 0 Å². The van der Waals surface area contributed by atoms with Crippen molar-refractivity contribution < 1.29 is 4.39 Å². The van der Waals surface area contributed by atoms with Gasteiger partial charge in [0.05, 0.1) is 11.2 Å². The second kappa shape index (κ2) is 5.59. The third kappa shape index (κ3) is 2.94. The Bertz CT molecular complexity index is 507. The maximum atomic E-state index is 12.9. The van der Waals surface area contributed by atoms with Crippen molar-refractivity contribution in [1.82, 2.24) is 10.3 Å². The van der Waals surface area contributed by atoms with Gasteiger partial charge in [-0.25, -0.2) is 9.37 Å². The summed E-state index contributed by atoms with van der Waals surface area (Å²) in [5.41, 5.74) is 4.03. The number of rotatable bonds is 4. The summed E-state index contributed by atoms with van der Waals surface area (Å²) in [6, 6.07) is 7.06. The molecule has 2 atom stereocenters. The van der Waals surface area contributed by atoms with Crippen LogP contribution in [0.2, 0.25) is 0 Å². The lowest BCUT2D eigenvalue weighted by Gasteiger charge is -2.20. The van der Waals surface area contributed by atoms with Gasteiger partial charge in [-0.05, 0) is 38.5 Å². The van der Waals surface area contributed by atoms with Gasteiger partial charge in [0.25, 0.3) is 0 Å². The Hall–Kier alpha value is -1.26. The first-order valence-electron chi connectivity index (χ1n) is 5.99. The minimum absolute atomic E-state index is 0.182. The molecule has 1 unspecified atom stereocenters. The number of nitrogens with zero attached hydrogens (tertiary/aromatic N) is 1. The summed E-state index contributed by atoms with van der Waals surface area (Å²) in [6.45, 7) is 6.23. The van der Waals surface area contributed by atoms with Gasteiger partial charge >= 0.3 is 0 Å². The van der Waals surface area contributed by atoms with Gasteiger partial charge in [-0.15, -0.1) is 11.3 Å². The maximum Gasteiger partial charge on any atom is 0.123 e. The third-order valence-electron chi connectivity index (χ3n) is 3.05. The van der Waals surface area contributed by atoms with Crippen molar-refractivity contribution in [2.45, 2.75) is 32.9 Å². The van der Waals surface area contributed by atoms with Crippen molar-refractivity contribution in [2.24, 2.45) is 0 Å². The SMILES string of the molecule is Cc1ncsc1C(C)N[C@H](C)c1ccc(F)cc1. The quantitative estimate of drug-likeness (QED) is 0.902. The van der Waals surface area contributed by atoms with Crippen LogP contribution in [0.15, 0.2) is 29.8 Å². The normalized spacial score (nSPS) is 14.4. The van der Waals surface area contributed by atoms with E-state index in [2.05, 4.69) is 24.1 Å². The molecule has 1 heterocycles. The Morgan fingerprint density at radius 1 is 1.17 bits per heavy atom. The van der Waals surface area contributed by atoms with Crippen LogP contribution in [-0.4, -0.2) is 4.98 Å². The molecule has 0 fully saturated rings. The van der Waals surface area contributed by atoms with E-state index in [4.69, 9.17) is 0 Å². The van der Waals surface area contributed by atoms with Gasteiger partial charge in [0.1, 0.15) is 5.82 Å². The Morgan fingerprint density at radius 2 is 1.83 bits per heavy atom. The minimum Gasteiger partial charge on any atom is -0.303 e. The van der Waals surface area contributed by atoms with E-state index in [0.29, 0.717) is 0 Å². The molecule has 0 aliphatic heterocycles. The van der Waals surface area contributed by atoms with Crippen LogP contribution in [0, 0.1) is 12.7 Å². The molecule has 0 aliphatic carbocycles. The van der Waals surface area contributed by atoms with Crippen LogP contribution >= 0.6 is 11.3 Å². The second-order valence-electron chi connectivity index (χ2n) is 4.46. The molecule has 1 aromatic carbocycles. The van der Waals surface area contributed by atoms with Crippen molar-refractivity contribution in [2.75, 3.05) is 0 Å². The van der Waals surface area contributed by atoms with Gasteiger partial charge < -0.3 is 5.32 Å². The average Bonchev–Trinajstić information content (AvgIpc) is 2.76. The molecule has 4 heteroatoms. The molecule has 0 radical (unpaired) electrons. The van der Waals surface area contributed by atoms with Gasteiger partial charge in [0.2, 0.25) is 0 Å². The lowest BCUT2D eigenvalue weighted by atomic mass is 10.1. The molecule has 2 aromatic rings. The average molecular weight is 264 g/mol. The van der Waals surface area contributed by atoms with E-state index in [1.54, 1.807) is 11.3 Å². The van der Waals surface area contributed by atoms with E-state index in [9.17, 15) is 4.39 Å². The van der Waals surface area contributed by atoms with Gasteiger partial charge in [0.15, 0.2) is 0 Å². The molecular formula is C14H17FN2S. The zero-order chi connectivity index (χ0) is 13.1. The molecule has 2 nitrogen and oxygen atoms in total. The summed E-state index contributed by atoms with van der Waals surface area (Å²) in [7, 11) is 0. The molecule has 2 rings (SSSR count). The molecular weight excluding hydrogens is 247 g/mol. The minimum atomic E-state index is -0.197. The summed E-state index contributed by atoms with van der Waals surface area (Å²) in [6.07, 6.45) is 0. The van der Waals surface area contributed by atoms with Gasteiger partial charge in [-0.2, -0.15) is 0 Å². The Morgan fingerprint density at radius 3 is 2.39 bits per heavy atom. The first kappa shape index (κ1) is 13.2. The zero-order valence-electron chi connectivity index (χ0n) is 10.8. The standard InChI is InChI=1S/C14H17FN2S/c1-9(12-4-6-13(15)7-5-12)17-11(3)14-10(2)16-8-18-14/h4-9,11,17H,1-3H3/t9-,11?/m1/s1. The largest absolute Gasteiger partial charge is 0.303 e. The second-order valence-corrected chi connectivity index (χ2v) is 5.35.